The zero-order chi connectivity index (χ0) is 64.8. The summed E-state index contributed by atoms with van der Waals surface area (Å²) in [7, 11) is 1.48. The van der Waals surface area contributed by atoms with Gasteiger partial charge in [-0.05, 0) is 70.6 Å². The number of hydrogen-bond acceptors (Lipinski definition) is 7. The number of rotatable bonds is 70. The number of quaternary nitrogens is 1. The molecule has 1 N–H and O–H groups in total. The molecule has 9 nitrogen and oxygen atoms in total. The van der Waals surface area contributed by atoms with Gasteiger partial charge in [0.05, 0.1) is 27.7 Å². The smallest absolute Gasteiger partial charge is 0.462 e. The number of unbranched alkanes of at least 4 members (excludes halogenated alkanes) is 42. The summed E-state index contributed by atoms with van der Waals surface area (Å²) in [6.45, 7) is 4.36. The monoisotopic (exact) mass is 1270 g/mol. The minimum atomic E-state index is -4.40. The molecule has 0 bridgehead atoms. The van der Waals surface area contributed by atoms with E-state index in [1.807, 2.05) is 21.1 Å². The molecule has 0 rings (SSSR count). The molecular formula is C79H145NO8P+. The first-order chi connectivity index (χ1) is 43.5. The highest BCUT2D eigenvalue weighted by atomic mass is 31.2. The van der Waals surface area contributed by atoms with Gasteiger partial charge in [0.2, 0.25) is 0 Å². The van der Waals surface area contributed by atoms with Crippen molar-refractivity contribution in [2.75, 3.05) is 47.5 Å². The van der Waals surface area contributed by atoms with Crippen LogP contribution in [0.4, 0.5) is 0 Å². The van der Waals surface area contributed by atoms with Gasteiger partial charge in [-0.1, -0.05) is 356 Å². The number of likely N-dealkylation sites (N-methyl/N-ethyl adjacent to an activating group) is 1. The molecule has 0 saturated carbocycles. The molecule has 2 unspecified atom stereocenters. The zero-order valence-electron chi connectivity index (χ0n) is 59.2. The third kappa shape index (κ3) is 74.1. The van der Waals surface area contributed by atoms with Crippen LogP contribution in [0, 0.1) is 0 Å². The average Bonchev–Trinajstić information content (AvgIpc) is 3.60. The summed E-state index contributed by atoms with van der Waals surface area (Å²) in [6, 6.07) is 0. The van der Waals surface area contributed by atoms with Crippen molar-refractivity contribution in [2.45, 2.75) is 360 Å². The van der Waals surface area contributed by atoms with Gasteiger partial charge in [-0.2, -0.15) is 0 Å². The molecule has 0 spiro atoms. The van der Waals surface area contributed by atoms with E-state index < -0.39 is 26.5 Å². The van der Waals surface area contributed by atoms with Crippen LogP contribution in [-0.4, -0.2) is 74.9 Å². The highest BCUT2D eigenvalue weighted by Crippen LogP contribution is 2.43. The molecule has 10 heteroatoms. The summed E-state index contributed by atoms with van der Waals surface area (Å²) >= 11 is 0. The quantitative estimate of drug-likeness (QED) is 0.0211. The maximum atomic E-state index is 12.9. The van der Waals surface area contributed by atoms with Crippen LogP contribution in [0.3, 0.4) is 0 Å². The molecule has 0 amide bonds. The number of phosphoric ester groups is 1. The molecule has 0 aromatic heterocycles. The number of allylic oxidation sites excluding steroid dienone is 14. The van der Waals surface area contributed by atoms with Crippen molar-refractivity contribution in [3.05, 3.63) is 85.1 Å². The van der Waals surface area contributed by atoms with Crippen molar-refractivity contribution in [2.24, 2.45) is 0 Å². The van der Waals surface area contributed by atoms with Gasteiger partial charge in [0.15, 0.2) is 6.10 Å². The first-order valence-corrected chi connectivity index (χ1v) is 39.3. The van der Waals surface area contributed by atoms with Crippen molar-refractivity contribution >= 4 is 19.8 Å². The van der Waals surface area contributed by atoms with Gasteiger partial charge in [0.25, 0.3) is 0 Å². The fourth-order valence-electron chi connectivity index (χ4n) is 10.9. The number of esters is 2. The van der Waals surface area contributed by atoms with E-state index in [1.165, 1.54) is 231 Å². The summed E-state index contributed by atoms with van der Waals surface area (Å²) in [6.07, 6.45) is 95.7. The van der Waals surface area contributed by atoms with Gasteiger partial charge in [-0.25, -0.2) is 4.57 Å². The van der Waals surface area contributed by atoms with E-state index in [2.05, 4.69) is 98.9 Å². The van der Waals surface area contributed by atoms with Crippen LogP contribution in [-0.2, 0) is 32.7 Å². The highest BCUT2D eigenvalue weighted by molar-refractivity contribution is 7.47. The minimum absolute atomic E-state index is 0.0287. The maximum absolute atomic E-state index is 12.9. The fourth-order valence-corrected chi connectivity index (χ4v) is 11.7. The molecule has 0 aliphatic rings. The third-order valence-corrected chi connectivity index (χ3v) is 17.7. The van der Waals surface area contributed by atoms with Crippen LogP contribution in [0.5, 0.6) is 0 Å². The molecule has 0 aromatic rings. The topological polar surface area (TPSA) is 108 Å². The standard InChI is InChI=1S/C79H144NO8P/c1-6-8-10-12-14-16-18-20-22-24-26-28-30-32-34-36-38-39-40-42-43-45-47-49-51-53-55-57-59-61-63-65-67-69-71-78(81)85-75-77(76-87-89(83,84)86-74-73-80(3,4)5)88-79(82)72-70-68-66-64-62-60-58-56-54-52-50-48-46-44-41-37-35-33-31-29-27-25-23-21-19-17-15-13-11-9-7-2/h9,11,15,17,21,23,27,29,33,35,41,44,48,50,77H,6-8,10,12-14,16,18-20,22,24-26,28,30-32,34,36-40,42-43,45-47,49,51-76H2,1-5H3/p+1/b11-9-,17-15-,23-21-,29-27-,35-33-,44-41-,50-48-. The zero-order valence-corrected chi connectivity index (χ0v) is 60.1. The molecule has 0 radical (unpaired) electrons. The lowest BCUT2D eigenvalue weighted by molar-refractivity contribution is -0.870. The van der Waals surface area contributed by atoms with E-state index in [9.17, 15) is 19.0 Å². The van der Waals surface area contributed by atoms with E-state index in [-0.39, 0.29) is 32.0 Å². The number of carbonyl (C=O) groups excluding carboxylic acids is 2. The highest BCUT2D eigenvalue weighted by Gasteiger charge is 2.27. The molecule has 0 heterocycles. The second kappa shape index (κ2) is 69.5. The lowest BCUT2D eigenvalue weighted by Gasteiger charge is -2.24. The second-order valence-corrected chi connectivity index (χ2v) is 28.1. The Hall–Kier alpha value is -2.81. The lowest BCUT2D eigenvalue weighted by Crippen LogP contribution is -2.37. The molecule has 0 saturated heterocycles. The van der Waals surface area contributed by atoms with E-state index >= 15 is 0 Å². The Morgan fingerprint density at radius 3 is 0.955 bits per heavy atom. The molecule has 0 aromatic carbocycles. The summed E-state index contributed by atoms with van der Waals surface area (Å²) in [5, 5.41) is 0. The Kier molecular flexibility index (Phi) is 67.3. The molecular weight excluding hydrogens is 1120 g/mol. The van der Waals surface area contributed by atoms with Crippen molar-refractivity contribution in [1.82, 2.24) is 0 Å². The Morgan fingerprint density at radius 2 is 0.640 bits per heavy atom. The summed E-state index contributed by atoms with van der Waals surface area (Å²) < 4.78 is 34.8. The average molecular weight is 1270 g/mol. The van der Waals surface area contributed by atoms with Crippen molar-refractivity contribution in [3.8, 4) is 0 Å². The molecule has 518 valence electrons. The molecule has 2 atom stereocenters. The fraction of sp³-hybridized carbons (Fsp3) is 0.797. The molecule has 0 aliphatic carbocycles. The van der Waals surface area contributed by atoms with Crippen LogP contribution in [0.1, 0.15) is 354 Å². The van der Waals surface area contributed by atoms with Crippen molar-refractivity contribution in [1.29, 1.82) is 0 Å². The van der Waals surface area contributed by atoms with Crippen LogP contribution in [0.2, 0.25) is 0 Å². The molecule has 0 fully saturated rings. The number of carbonyl (C=O) groups is 2. The first kappa shape index (κ1) is 86.2. The Balaban J connectivity index is 4.00. The van der Waals surface area contributed by atoms with Gasteiger partial charge in [-0.15, -0.1) is 0 Å². The van der Waals surface area contributed by atoms with Crippen molar-refractivity contribution in [3.63, 3.8) is 0 Å². The van der Waals surface area contributed by atoms with E-state index in [1.54, 1.807) is 0 Å². The Bertz CT molecular complexity index is 1780. The molecule has 89 heavy (non-hydrogen) atoms. The van der Waals surface area contributed by atoms with E-state index in [0.717, 1.165) is 89.9 Å². The normalized spacial score (nSPS) is 13.6. The van der Waals surface area contributed by atoms with Crippen LogP contribution in [0.15, 0.2) is 85.1 Å². The number of hydrogen-bond donors (Lipinski definition) is 1. The summed E-state index contributed by atoms with van der Waals surface area (Å²) in [5.41, 5.74) is 0. The van der Waals surface area contributed by atoms with Gasteiger partial charge in [-0.3, -0.25) is 18.6 Å². The summed E-state index contributed by atoms with van der Waals surface area (Å²) in [5.74, 6) is -0.792. The number of nitrogens with zero attached hydrogens (tertiary/aromatic N) is 1. The molecule has 0 aliphatic heterocycles. The minimum Gasteiger partial charge on any atom is -0.462 e. The predicted octanol–water partition coefficient (Wildman–Crippen LogP) is 24.9. The lowest BCUT2D eigenvalue weighted by atomic mass is 10.0. The first-order valence-electron chi connectivity index (χ1n) is 37.8. The Morgan fingerprint density at radius 1 is 0.360 bits per heavy atom. The summed E-state index contributed by atoms with van der Waals surface area (Å²) in [4.78, 5) is 35.9. The van der Waals surface area contributed by atoms with E-state index in [4.69, 9.17) is 18.5 Å². The Labute approximate surface area is 551 Å². The predicted molar refractivity (Wildman–Crippen MR) is 385 cm³/mol. The number of phosphoric acid groups is 1. The SMILES string of the molecule is CC/C=C\C/C=C\C/C=C\C/C=C\C/C=C\C/C=C\C/C=C\CCCCCCCCCCCC(=O)OC(COC(=O)CCCCCCCCCCCCCCCCCCCCCCCCCCCCCCCCCCCC)COP(=O)(O)OCC[N+](C)(C)C. The maximum Gasteiger partial charge on any atom is 0.472 e. The van der Waals surface area contributed by atoms with Gasteiger partial charge < -0.3 is 18.9 Å². The van der Waals surface area contributed by atoms with Crippen LogP contribution < -0.4 is 0 Å². The van der Waals surface area contributed by atoms with Crippen LogP contribution >= 0.6 is 7.82 Å². The van der Waals surface area contributed by atoms with E-state index in [0.29, 0.717) is 17.4 Å². The van der Waals surface area contributed by atoms with Crippen LogP contribution in [0.25, 0.3) is 0 Å². The van der Waals surface area contributed by atoms with Gasteiger partial charge >= 0.3 is 19.8 Å². The third-order valence-electron chi connectivity index (χ3n) is 16.7. The number of ether oxygens (including phenoxy) is 2. The van der Waals surface area contributed by atoms with Gasteiger partial charge in [0, 0.05) is 12.8 Å². The van der Waals surface area contributed by atoms with Gasteiger partial charge in [0.1, 0.15) is 19.8 Å². The second-order valence-electron chi connectivity index (χ2n) is 26.7. The van der Waals surface area contributed by atoms with Crippen molar-refractivity contribution < 1.29 is 42.1 Å². The largest absolute Gasteiger partial charge is 0.472 e.